The fourth-order valence-electron chi connectivity index (χ4n) is 3.95. The van der Waals surface area contributed by atoms with E-state index in [4.69, 9.17) is 17.0 Å². The maximum absolute atomic E-state index is 12.6. The van der Waals surface area contributed by atoms with Crippen LogP contribution in [0.2, 0.25) is 0 Å². The van der Waals surface area contributed by atoms with E-state index in [2.05, 4.69) is 25.9 Å². The Bertz CT molecular complexity index is 1200. The fourth-order valence-corrected chi connectivity index (χ4v) is 4.24. The van der Waals surface area contributed by atoms with Crippen molar-refractivity contribution in [2.45, 2.75) is 33.1 Å². The number of rotatable bonds is 6. The molecule has 10 heteroatoms. The number of nitrogens with one attached hydrogen (secondary N) is 1. The van der Waals surface area contributed by atoms with Crippen molar-refractivity contribution in [3.63, 3.8) is 0 Å². The Morgan fingerprint density at radius 3 is 2.59 bits per heavy atom. The lowest BCUT2D eigenvalue weighted by Gasteiger charge is -2.33. The Morgan fingerprint density at radius 2 is 1.97 bits per heavy atom. The third kappa shape index (κ3) is 5.45. The maximum atomic E-state index is 12.6. The topological polar surface area (TPSA) is 99.5 Å². The minimum atomic E-state index is -0.391. The summed E-state index contributed by atoms with van der Waals surface area (Å²) in [7, 11) is 0. The number of amides is 1. The molecule has 1 aliphatic rings. The van der Waals surface area contributed by atoms with E-state index in [9.17, 15) is 9.90 Å². The van der Waals surface area contributed by atoms with Crippen molar-refractivity contribution in [2.75, 3.05) is 32.7 Å². The minimum Gasteiger partial charge on any atom is -0.493 e. The summed E-state index contributed by atoms with van der Waals surface area (Å²) in [4.78, 5) is 28.5. The van der Waals surface area contributed by atoms with Crippen LogP contribution in [0.15, 0.2) is 36.5 Å². The summed E-state index contributed by atoms with van der Waals surface area (Å²) in [5, 5.41) is 10.5. The first-order chi connectivity index (χ1) is 16.3. The second kappa shape index (κ2) is 10.4. The van der Waals surface area contributed by atoms with Crippen LogP contribution in [0, 0.1) is 11.7 Å². The predicted octanol–water partition coefficient (Wildman–Crippen LogP) is 3.82. The number of ether oxygens (including phenoxy) is 1. The highest BCUT2D eigenvalue weighted by molar-refractivity contribution is 7.71. The molecule has 180 valence electrons. The van der Waals surface area contributed by atoms with Crippen molar-refractivity contribution in [1.82, 2.24) is 29.3 Å². The fraction of sp³-hybridized carbons (Fsp3) is 0.417. The number of imidazole rings is 1. The van der Waals surface area contributed by atoms with E-state index in [1.165, 1.54) is 10.8 Å². The van der Waals surface area contributed by atoms with Gasteiger partial charge in [0.15, 0.2) is 10.5 Å². The number of piperazine rings is 1. The van der Waals surface area contributed by atoms with E-state index in [1.54, 1.807) is 17.0 Å². The van der Waals surface area contributed by atoms with Crippen molar-refractivity contribution in [1.29, 1.82) is 0 Å². The van der Waals surface area contributed by atoms with Crippen LogP contribution >= 0.6 is 12.2 Å². The number of hydrogen-bond donors (Lipinski definition) is 2. The molecule has 0 aliphatic carbocycles. The third-order valence-corrected chi connectivity index (χ3v) is 6.18. The Morgan fingerprint density at radius 1 is 1.21 bits per heavy atom. The summed E-state index contributed by atoms with van der Waals surface area (Å²) >= 11 is 5.32. The molecule has 3 aromatic rings. The molecule has 0 saturated carbocycles. The van der Waals surface area contributed by atoms with Gasteiger partial charge in [0, 0.05) is 50.5 Å². The van der Waals surface area contributed by atoms with Crippen LogP contribution in [-0.2, 0) is 6.42 Å². The molecule has 0 unspecified atom stereocenters. The van der Waals surface area contributed by atoms with E-state index < -0.39 is 6.09 Å². The van der Waals surface area contributed by atoms with E-state index in [0.29, 0.717) is 35.1 Å². The number of aromatic nitrogens is 4. The van der Waals surface area contributed by atoms with Crippen molar-refractivity contribution >= 4 is 18.3 Å². The highest BCUT2D eigenvalue weighted by atomic mass is 32.1. The highest BCUT2D eigenvalue weighted by Gasteiger charge is 2.23. The van der Waals surface area contributed by atoms with Crippen molar-refractivity contribution < 1.29 is 14.6 Å². The molecule has 1 amide bonds. The van der Waals surface area contributed by atoms with Crippen molar-refractivity contribution in [3.05, 3.63) is 58.4 Å². The molecule has 3 aromatic heterocycles. The second-order valence-electron chi connectivity index (χ2n) is 8.73. The van der Waals surface area contributed by atoms with Crippen LogP contribution in [0.4, 0.5) is 4.79 Å². The van der Waals surface area contributed by atoms with Crippen LogP contribution in [0.5, 0.6) is 11.6 Å². The summed E-state index contributed by atoms with van der Waals surface area (Å²) in [5.74, 6) is 0.908. The average Bonchev–Trinajstić information content (AvgIpc) is 3.13. The zero-order valence-electron chi connectivity index (χ0n) is 19.7. The molecule has 1 saturated heterocycles. The molecule has 0 spiro atoms. The molecule has 4 heterocycles. The van der Waals surface area contributed by atoms with E-state index in [1.807, 2.05) is 32.9 Å². The number of carbonyl (C=O) groups is 1. The molecular formula is C24H30N6O3S. The lowest BCUT2D eigenvalue weighted by Crippen LogP contribution is -2.49. The van der Waals surface area contributed by atoms with Gasteiger partial charge in [0.2, 0.25) is 5.88 Å². The number of carbonyl (C=O) groups excluding carboxylic acids is 1. The Balaban J connectivity index is 1.30. The highest BCUT2D eigenvalue weighted by Crippen LogP contribution is 2.27. The number of aromatic amines is 1. The monoisotopic (exact) mass is 482 g/mol. The molecule has 1 fully saturated rings. The van der Waals surface area contributed by atoms with Crippen LogP contribution in [0.1, 0.15) is 36.8 Å². The zero-order chi connectivity index (χ0) is 24.2. The summed E-state index contributed by atoms with van der Waals surface area (Å²) in [5.41, 5.74) is 2.77. The third-order valence-electron chi connectivity index (χ3n) is 5.89. The minimum absolute atomic E-state index is 0.0355. The number of H-pyrrole nitrogens is 1. The number of aryl methyl sites for hydroxylation is 1. The van der Waals surface area contributed by atoms with Gasteiger partial charge in [-0.25, -0.2) is 14.3 Å². The molecule has 0 bridgehead atoms. The standard InChI is InChI=1S/C24H30N6O3S/c1-16(2)21-22(31)30(23(34)27-21)20-8-7-19(15-25-20)33-24(32)29-13-11-28(12-14-29)10-9-18-6-4-5-17(3)26-18/h4-8,15-16,31H,9-14H2,1-3H3,(H,27,34). The Hall–Kier alpha value is -3.24. The van der Waals surface area contributed by atoms with Gasteiger partial charge in [0.25, 0.3) is 0 Å². The first-order valence-electron chi connectivity index (χ1n) is 11.4. The largest absolute Gasteiger partial charge is 0.493 e. The van der Waals surface area contributed by atoms with Crippen LogP contribution < -0.4 is 4.74 Å². The molecule has 0 aromatic carbocycles. The van der Waals surface area contributed by atoms with Crippen LogP contribution in [0.3, 0.4) is 0 Å². The van der Waals surface area contributed by atoms with Gasteiger partial charge in [0.05, 0.1) is 11.9 Å². The van der Waals surface area contributed by atoms with Gasteiger partial charge in [-0.2, -0.15) is 0 Å². The summed E-state index contributed by atoms with van der Waals surface area (Å²) in [6.07, 6.45) is 1.96. The lowest BCUT2D eigenvalue weighted by atomic mass is 10.1. The number of aromatic hydroxyl groups is 1. The number of hydrogen-bond acceptors (Lipinski definition) is 7. The first-order valence-corrected chi connectivity index (χ1v) is 11.8. The normalized spacial score (nSPS) is 14.5. The molecule has 0 atom stereocenters. The first kappa shape index (κ1) is 23.9. The van der Waals surface area contributed by atoms with E-state index in [0.717, 1.165) is 37.4 Å². The van der Waals surface area contributed by atoms with Gasteiger partial charge in [0.1, 0.15) is 5.82 Å². The quantitative estimate of drug-likeness (QED) is 0.515. The molecule has 9 nitrogen and oxygen atoms in total. The second-order valence-corrected chi connectivity index (χ2v) is 9.11. The Kier molecular flexibility index (Phi) is 7.28. The van der Waals surface area contributed by atoms with Gasteiger partial charge >= 0.3 is 6.09 Å². The molecule has 2 N–H and O–H groups in total. The van der Waals surface area contributed by atoms with Crippen molar-refractivity contribution in [3.8, 4) is 17.4 Å². The van der Waals surface area contributed by atoms with Gasteiger partial charge in [-0.05, 0) is 49.3 Å². The predicted molar refractivity (Wildman–Crippen MR) is 131 cm³/mol. The molecule has 34 heavy (non-hydrogen) atoms. The Labute approximate surface area is 204 Å². The smallest absolute Gasteiger partial charge is 0.415 e. The molecule has 0 radical (unpaired) electrons. The summed E-state index contributed by atoms with van der Waals surface area (Å²) in [6.45, 7) is 9.63. The van der Waals surface area contributed by atoms with Gasteiger partial charge in [-0.15, -0.1) is 0 Å². The summed E-state index contributed by atoms with van der Waals surface area (Å²) < 4.78 is 7.33. The molecule has 4 rings (SSSR count). The SMILES string of the molecule is Cc1cccc(CCN2CCN(C(=O)Oc3ccc(-n4c(O)c(C(C)C)[nH]c4=S)nc3)CC2)n1. The number of nitrogens with zero attached hydrogens (tertiary/aromatic N) is 5. The van der Waals surface area contributed by atoms with Crippen LogP contribution in [0.25, 0.3) is 5.82 Å². The van der Waals surface area contributed by atoms with Gasteiger partial charge in [-0.3, -0.25) is 9.88 Å². The molecular weight excluding hydrogens is 452 g/mol. The number of pyridine rings is 2. The average molecular weight is 483 g/mol. The van der Waals surface area contributed by atoms with Crippen LogP contribution in [-0.4, -0.2) is 73.2 Å². The van der Waals surface area contributed by atoms with E-state index >= 15 is 0 Å². The lowest BCUT2D eigenvalue weighted by molar-refractivity contribution is 0.111. The molecule has 1 aliphatic heterocycles. The van der Waals surface area contributed by atoms with Crippen molar-refractivity contribution in [2.24, 2.45) is 0 Å². The van der Waals surface area contributed by atoms with E-state index in [-0.39, 0.29) is 11.8 Å². The van der Waals surface area contributed by atoms with Gasteiger partial charge < -0.3 is 19.7 Å². The zero-order valence-corrected chi connectivity index (χ0v) is 20.5. The maximum Gasteiger partial charge on any atom is 0.415 e. The van der Waals surface area contributed by atoms with Gasteiger partial charge in [-0.1, -0.05) is 19.9 Å². The summed E-state index contributed by atoms with van der Waals surface area (Å²) in [6, 6.07) is 9.39.